The lowest BCUT2D eigenvalue weighted by molar-refractivity contribution is 0.0326. The van der Waals surface area contributed by atoms with Gasteiger partial charge in [-0.1, -0.05) is 23.7 Å². The normalized spacial score (nSPS) is 14.5. The van der Waals surface area contributed by atoms with Gasteiger partial charge in [0, 0.05) is 30.2 Å². The number of carbonyl (C=O) groups excluding carboxylic acids is 1. The van der Waals surface area contributed by atoms with Gasteiger partial charge in [-0.25, -0.2) is 9.18 Å². The molecule has 3 aromatic rings. The maximum Gasteiger partial charge on any atom is 0.506 e. The smallest absolute Gasteiger partial charge is 0.493 e. The first-order valence-electron chi connectivity index (χ1n) is 10.6. The number of rotatable bonds is 7. The third kappa shape index (κ3) is 5.77. The molecule has 0 bridgehead atoms. The first-order chi connectivity index (χ1) is 16.4. The van der Waals surface area contributed by atoms with Gasteiger partial charge in [0.25, 0.3) is 5.91 Å². The molecular formula is C25H21ClFNO6. The van der Waals surface area contributed by atoms with Crippen LogP contribution in [0.1, 0.15) is 34.0 Å². The molecule has 1 amide bonds. The second-order valence-electron chi connectivity index (χ2n) is 7.59. The molecule has 9 heteroatoms. The van der Waals surface area contributed by atoms with Crippen molar-refractivity contribution in [1.82, 2.24) is 5.32 Å². The summed E-state index contributed by atoms with van der Waals surface area (Å²) in [5.41, 5.74) is 1.78. The number of halogens is 2. The van der Waals surface area contributed by atoms with Crippen molar-refractivity contribution in [3.8, 4) is 17.2 Å². The summed E-state index contributed by atoms with van der Waals surface area (Å²) >= 11 is 6.34. The van der Waals surface area contributed by atoms with Crippen molar-refractivity contribution in [3.05, 3.63) is 88.2 Å². The van der Waals surface area contributed by atoms with Crippen LogP contribution in [-0.4, -0.2) is 30.3 Å². The van der Waals surface area contributed by atoms with E-state index in [2.05, 4.69) is 5.32 Å². The van der Waals surface area contributed by atoms with Crippen molar-refractivity contribution in [2.24, 2.45) is 0 Å². The fourth-order valence-corrected chi connectivity index (χ4v) is 3.81. The highest BCUT2D eigenvalue weighted by molar-refractivity contribution is 6.32. The largest absolute Gasteiger partial charge is 0.506 e. The molecule has 1 heterocycles. The van der Waals surface area contributed by atoms with Crippen molar-refractivity contribution in [1.29, 1.82) is 0 Å². The zero-order chi connectivity index (χ0) is 24.1. The Labute approximate surface area is 200 Å². The molecule has 3 aromatic carbocycles. The number of carboxylic acid groups (broad SMARTS) is 1. The van der Waals surface area contributed by atoms with Crippen LogP contribution in [0.2, 0.25) is 5.02 Å². The van der Waals surface area contributed by atoms with Crippen LogP contribution in [0.4, 0.5) is 9.18 Å². The minimum Gasteiger partial charge on any atom is -0.493 e. The van der Waals surface area contributed by atoms with Crippen LogP contribution in [0, 0.1) is 5.82 Å². The Balaban J connectivity index is 1.37. The van der Waals surface area contributed by atoms with E-state index in [-0.39, 0.29) is 16.7 Å². The molecule has 176 valence electrons. The minimum atomic E-state index is -1.37. The molecule has 0 radical (unpaired) electrons. The zero-order valence-corrected chi connectivity index (χ0v) is 18.7. The van der Waals surface area contributed by atoms with Crippen LogP contribution in [-0.2, 0) is 11.2 Å². The highest BCUT2D eigenvalue weighted by Crippen LogP contribution is 2.42. The van der Waals surface area contributed by atoms with Crippen LogP contribution in [0.3, 0.4) is 0 Å². The molecule has 7 nitrogen and oxygen atoms in total. The van der Waals surface area contributed by atoms with Crippen LogP contribution in [0.25, 0.3) is 0 Å². The quantitative estimate of drug-likeness (QED) is 0.413. The molecule has 0 saturated carbocycles. The van der Waals surface area contributed by atoms with Crippen LogP contribution < -0.4 is 14.8 Å². The van der Waals surface area contributed by atoms with Gasteiger partial charge in [0.1, 0.15) is 29.2 Å². The second-order valence-corrected chi connectivity index (χ2v) is 8.00. The van der Waals surface area contributed by atoms with Crippen molar-refractivity contribution in [2.75, 3.05) is 13.2 Å². The van der Waals surface area contributed by atoms with E-state index in [9.17, 15) is 14.0 Å². The summed E-state index contributed by atoms with van der Waals surface area (Å²) in [5, 5.41) is 12.0. The van der Waals surface area contributed by atoms with Crippen molar-refractivity contribution in [2.45, 2.75) is 18.9 Å². The average Bonchev–Trinajstić information content (AvgIpc) is 2.80. The predicted molar refractivity (Wildman–Crippen MR) is 122 cm³/mol. The Hall–Kier alpha value is -3.78. The third-order valence-electron chi connectivity index (χ3n) is 5.22. The van der Waals surface area contributed by atoms with E-state index in [1.807, 2.05) is 0 Å². The number of fused-ring (bicyclic) bond motifs is 1. The van der Waals surface area contributed by atoms with Gasteiger partial charge in [-0.15, -0.1) is 0 Å². The van der Waals surface area contributed by atoms with E-state index in [1.54, 1.807) is 48.5 Å². The maximum absolute atomic E-state index is 13.2. The number of nitrogens with one attached hydrogen (secondary N) is 1. The van der Waals surface area contributed by atoms with Gasteiger partial charge in [0.15, 0.2) is 0 Å². The van der Waals surface area contributed by atoms with Gasteiger partial charge in [0.2, 0.25) is 0 Å². The first-order valence-corrected chi connectivity index (χ1v) is 10.9. The Morgan fingerprint density at radius 2 is 1.94 bits per heavy atom. The lowest BCUT2D eigenvalue weighted by Crippen LogP contribution is -2.25. The van der Waals surface area contributed by atoms with Crippen molar-refractivity contribution < 1.29 is 33.3 Å². The molecule has 1 unspecified atom stereocenters. The van der Waals surface area contributed by atoms with E-state index >= 15 is 0 Å². The number of benzene rings is 3. The topological polar surface area (TPSA) is 94.1 Å². The van der Waals surface area contributed by atoms with E-state index in [1.165, 1.54) is 12.1 Å². The Morgan fingerprint density at radius 1 is 1.15 bits per heavy atom. The summed E-state index contributed by atoms with van der Waals surface area (Å²) in [4.78, 5) is 23.3. The fourth-order valence-electron chi connectivity index (χ4n) is 3.60. The molecule has 0 aliphatic carbocycles. The Bertz CT molecular complexity index is 1200. The molecule has 0 spiro atoms. The van der Waals surface area contributed by atoms with E-state index in [0.717, 1.165) is 5.56 Å². The lowest BCUT2D eigenvalue weighted by Gasteiger charge is -2.25. The maximum atomic E-state index is 13.2. The number of carbonyl (C=O) groups is 2. The van der Waals surface area contributed by atoms with Crippen LogP contribution in [0.5, 0.6) is 17.2 Å². The Morgan fingerprint density at radius 3 is 2.68 bits per heavy atom. The zero-order valence-electron chi connectivity index (χ0n) is 17.9. The van der Waals surface area contributed by atoms with Gasteiger partial charge >= 0.3 is 6.16 Å². The van der Waals surface area contributed by atoms with Gasteiger partial charge in [0.05, 0.1) is 11.6 Å². The van der Waals surface area contributed by atoms with Crippen LogP contribution in [0.15, 0.2) is 60.7 Å². The molecular weight excluding hydrogens is 465 g/mol. The average molecular weight is 486 g/mol. The monoisotopic (exact) mass is 485 g/mol. The van der Waals surface area contributed by atoms with Crippen LogP contribution >= 0.6 is 11.6 Å². The molecule has 0 saturated heterocycles. The number of ether oxygens (including phenoxy) is 3. The highest BCUT2D eigenvalue weighted by atomic mass is 35.5. The molecule has 1 aliphatic heterocycles. The Kier molecular flexibility index (Phi) is 7.18. The summed E-state index contributed by atoms with van der Waals surface area (Å²) in [5.74, 6) is 0.647. The molecule has 0 aromatic heterocycles. The molecule has 1 atom stereocenters. The van der Waals surface area contributed by atoms with Crippen molar-refractivity contribution in [3.63, 3.8) is 0 Å². The number of amides is 1. The third-order valence-corrected chi connectivity index (χ3v) is 5.52. The van der Waals surface area contributed by atoms with E-state index in [0.29, 0.717) is 54.4 Å². The summed E-state index contributed by atoms with van der Waals surface area (Å²) < 4.78 is 29.6. The van der Waals surface area contributed by atoms with Gasteiger partial charge in [-0.3, -0.25) is 4.79 Å². The summed E-state index contributed by atoms with van der Waals surface area (Å²) in [7, 11) is 0. The fraction of sp³-hybridized carbons (Fsp3) is 0.200. The highest BCUT2D eigenvalue weighted by Gasteiger charge is 2.27. The standard InChI is InChI=1S/C25H21ClFNO6/c26-20-13-19-21(34-25(30)31)9-11-32-22(19)14-23(20)33-18-6-4-16(5-7-18)24(29)28-10-8-15-2-1-3-17(27)12-15/h1-7,12-14,21H,8-11H2,(H,28,29)(H,30,31). The van der Waals surface area contributed by atoms with Crippen molar-refractivity contribution >= 4 is 23.7 Å². The van der Waals surface area contributed by atoms with E-state index in [4.69, 9.17) is 30.9 Å². The predicted octanol–water partition coefficient (Wildman–Crippen LogP) is 5.76. The second kappa shape index (κ2) is 10.4. The summed E-state index contributed by atoms with van der Waals surface area (Å²) in [6, 6.07) is 15.9. The van der Waals surface area contributed by atoms with Gasteiger partial charge in [-0.2, -0.15) is 0 Å². The first kappa shape index (κ1) is 23.4. The van der Waals surface area contributed by atoms with E-state index < -0.39 is 12.3 Å². The molecule has 34 heavy (non-hydrogen) atoms. The van der Waals surface area contributed by atoms with Gasteiger partial charge in [-0.05, 0) is 54.4 Å². The SMILES string of the molecule is O=C(O)OC1CCOc2cc(Oc3ccc(C(=O)NCCc4cccc(F)c4)cc3)c(Cl)cc21. The summed E-state index contributed by atoms with van der Waals surface area (Å²) in [6.07, 6.45) is -1.12. The molecule has 2 N–H and O–H groups in total. The molecule has 0 fully saturated rings. The minimum absolute atomic E-state index is 0.257. The van der Waals surface area contributed by atoms with Gasteiger partial charge < -0.3 is 24.6 Å². The molecule has 4 rings (SSSR count). The molecule has 1 aliphatic rings. The number of hydrogen-bond acceptors (Lipinski definition) is 5. The number of hydrogen-bond donors (Lipinski definition) is 2. The lowest BCUT2D eigenvalue weighted by atomic mass is 10.0. The summed E-state index contributed by atoms with van der Waals surface area (Å²) in [6.45, 7) is 0.674.